The van der Waals surface area contributed by atoms with E-state index in [2.05, 4.69) is 17.1 Å². The van der Waals surface area contributed by atoms with E-state index >= 15 is 0 Å². The molecule has 0 amide bonds. The van der Waals surface area contributed by atoms with Crippen LogP contribution in [0.25, 0.3) is 0 Å². The van der Waals surface area contributed by atoms with Crippen LogP contribution in [0.4, 0.5) is 0 Å². The molecule has 1 atom stereocenters. The van der Waals surface area contributed by atoms with Gasteiger partial charge in [0.1, 0.15) is 0 Å². The number of hydrogen-bond donors (Lipinski definition) is 0. The summed E-state index contributed by atoms with van der Waals surface area (Å²) in [6, 6.07) is 9.29. The summed E-state index contributed by atoms with van der Waals surface area (Å²) in [4.78, 5) is 4.42. The molecule has 1 aliphatic heterocycles. The Bertz CT molecular complexity index is 758. The van der Waals surface area contributed by atoms with Crippen LogP contribution in [0.5, 0.6) is 0 Å². The Hall–Kier alpha value is -1.73. The van der Waals surface area contributed by atoms with Gasteiger partial charge >= 0.3 is 0 Å². The Morgan fingerprint density at radius 1 is 1.29 bits per heavy atom. The Morgan fingerprint density at radius 2 is 2.08 bits per heavy atom. The standard InChI is InChI=1S/C17H23N3O3S/c1-2-7-16-18-17(23-19-16)15-10-6-11-20(12-15)24(21,22)13-14-8-4-3-5-9-14/h3-5,8-9,15H,2,6-7,10-13H2,1H3. The van der Waals surface area contributed by atoms with Crippen LogP contribution in [-0.4, -0.2) is 36.0 Å². The number of rotatable bonds is 6. The second-order valence-corrected chi connectivity index (χ2v) is 8.21. The number of piperidine rings is 1. The van der Waals surface area contributed by atoms with Gasteiger partial charge < -0.3 is 4.52 Å². The molecule has 2 heterocycles. The Balaban J connectivity index is 1.70. The first-order chi connectivity index (χ1) is 11.6. The third-order valence-corrected chi connectivity index (χ3v) is 6.09. The second kappa shape index (κ2) is 7.44. The smallest absolute Gasteiger partial charge is 0.231 e. The summed E-state index contributed by atoms with van der Waals surface area (Å²) in [6.07, 6.45) is 3.43. The van der Waals surface area contributed by atoms with Crippen LogP contribution in [0.3, 0.4) is 0 Å². The molecule has 0 radical (unpaired) electrons. The first kappa shape index (κ1) is 17.1. The maximum Gasteiger partial charge on any atom is 0.231 e. The molecule has 130 valence electrons. The summed E-state index contributed by atoms with van der Waals surface area (Å²) in [7, 11) is -3.34. The third kappa shape index (κ3) is 4.02. The van der Waals surface area contributed by atoms with Gasteiger partial charge in [0.2, 0.25) is 15.9 Å². The van der Waals surface area contributed by atoms with Crippen LogP contribution < -0.4 is 0 Å². The third-order valence-electron chi connectivity index (χ3n) is 4.28. The van der Waals surface area contributed by atoms with Gasteiger partial charge in [0.25, 0.3) is 0 Å². The summed E-state index contributed by atoms with van der Waals surface area (Å²) in [5.41, 5.74) is 0.808. The zero-order valence-corrected chi connectivity index (χ0v) is 14.7. The molecule has 1 saturated heterocycles. The SMILES string of the molecule is CCCc1noc(C2CCCN(S(=O)(=O)Cc3ccccc3)C2)n1. The quantitative estimate of drug-likeness (QED) is 0.801. The molecule has 1 fully saturated rings. The van der Waals surface area contributed by atoms with E-state index in [0.29, 0.717) is 24.8 Å². The van der Waals surface area contributed by atoms with Crippen molar-refractivity contribution in [1.29, 1.82) is 0 Å². The van der Waals surface area contributed by atoms with Crippen LogP contribution in [-0.2, 0) is 22.2 Å². The largest absolute Gasteiger partial charge is 0.339 e. The summed E-state index contributed by atoms with van der Waals surface area (Å²) in [5.74, 6) is 1.29. The highest BCUT2D eigenvalue weighted by atomic mass is 32.2. The van der Waals surface area contributed by atoms with Crippen molar-refractivity contribution in [3.05, 3.63) is 47.6 Å². The lowest BCUT2D eigenvalue weighted by Crippen LogP contribution is -2.39. The number of aryl methyl sites for hydroxylation is 1. The lowest BCUT2D eigenvalue weighted by Gasteiger charge is -2.30. The predicted molar refractivity (Wildman–Crippen MR) is 90.9 cm³/mol. The van der Waals surface area contributed by atoms with Crippen LogP contribution in [0.1, 0.15) is 49.4 Å². The minimum absolute atomic E-state index is 0.0117. The molecule has 0 N–H and O–H groups in total. The van der Waals surface area contributed by atoms with E-state index in [1.54, 1.807) is 4.31 Å². The van der Waals surface area contributed by atoms with Crippen molar-refractivity contribution in [3.63, 3.8) is 0 Å². The highest BCUT2D eigenvalue weighted by Crippen LogP contribution is 2.28. The fourth-order valence-electron chi connectivity index (χ4n) is 3.03. The van der Waals surface area contributed by atoms with Crippen LogP contribution >= 0.6 is 0 Å². The zero-order valence-electron chi connectivity index (χ0n) is 13.9. The number of nitrogens with zero attached hydrogens (tertiary/aromatic N) is 3. The van der Waals surface area contributed by atoms with E-state index in [1.807, 2.05) is 30.3 Å². The first-order valence-corrected chi connectivity index (χ1v) is 10.0. The normalized spacial score (nSPS) is 19.5. The van der Waals surface area contributed by atoms with E-state index in [1.165, 1.54) is 0 Å². The van der Waals surface area contributed by atoms with Gasteiger partial charge in [-0.1, -0.05) is 42.4 Å². The molecule has 0 spiro atoms. The van der Waals surface area contributed by atoms with Crippen molar-refractivity contribution in [3.8, 4) is 0 Å². The second-order valence-electron chi connectivity index (χ2n) is 6.24. The summed E-state index contributed by atoms with van der Waals surface area (Å²) < 4.78 is 32.3. The molecule has 0 saturated carbocycles. The van der Waals surface area contributed by atoms with Gasteiger partial charge in [-0.15, -0.1) is 0 Å². The molecule has 1 aliphatic rings. The molecule has 2 aromatic rings. The van der Waals surface area contributed by atoms with Crippen molar-refractivity contribution in [2.75, 3.05) is 13.1 Å². The van der Waals surface area contributed by atoms with Crippen LogP contribution in [0.2, 0.25) is 0 Å². The van der Waals surface area contributed by atoms with Gasteiger partial charge in [-0.2, -0.15) is 4.98 Å². The summed E-state index contributed by atoms with van der Waals surface area (Å²) in [5, 5.41) is 3.98. The topological polar surface area (TPSA) is 76.3 Å². The molecule has 1 aromatic heterocycles. The molecular weight excluding hydrogens is 326 g/mol. The van der Waals surface area contributed by atoms with Crippen molar-refractivity contribution in [2.24, 2.45) is 0 Å². The van der Waals surface area contributed by atoms with Crippen molar-refractivity contribution < 1.29 is 12.9 Å². The van der Waals surface area contributed by atoms with E-state index in [9.17, 15) is 8.42 Å². The van der Waals surface area contributed by atoms with Gasteiger partial charge in [0.05, 0.1) is 11.7 Å². The summed E-state index contributed by atoms with van der Waals surface area (Å²) in [6.45, 7) is 3.04. The fourth-order valence-corrected chi connectivity index (χ4v) is 4.64. The van der Waals surface area contributed by atoms with E-state index < -0.39 is 10.0 Å². The molecule has 0 bridgehead atoms. The molecule has 0 aliphatic carbocycles. The van der Waals surface area contributed by atoms with Gasteiger partial charge in [-0.25, -0.2) is 12.7 Å². The van der Waals surface area contributed by atoms with Crippen molar-refractivity contribution in [1.82, 2.24) is 14.4 Å². The molecule has 1 unspecified atom stereocenters. The number of sulfonamides is 1. The van der Waals surface area contributed by atoms with Gasteiger partial charge in [0, 0.05) is 19.5 Å². The lowest BCUT2D eigenvalue weighted by molar-refractivity contribution is 0.265. The van der Waals surface area contributed by atoms with E-state index in [0.717, 1.165) is 31.2 Å². The lowest BCUT2D eigenvalue weighted by atomic mass is 10.00. The molecular formula is C17H23N3O3S. The van der Waals surface area contributed by atoms with Crippen molar-refractivity contribution >= 4 is 10.0 Å². The maximum atomic E-state index is 12.7. The Labute approximate surface area is 142 Å². The molecule has 24 heavy (non-hydrogen) atoms. The minimum atomic E-state index is -3.34. The minimum Gasteiger partial charge on any atom is -0.339 e. The Kier molecular flexibility index (Phi) is 5.30. The van der Waals surface area contributed by atoms with Gasteiger partial charge in [-0.3, -0.25) is 0 Å². The highest BCUT2D eigenvalue weighted by Gasteiger charge is 2.32. The Morgan fingerprint density at radius 3 is 2.83 bits per heavy atom. The van der Waals surface area contributed by atoms with E-state index in [4.69, 9.17) is 4.52 Å². The van der Waals surface area contributed by atoms with Crippen LogP contribution in [0, 0.1) is 0 Å². The molecule has 6 nitrogen and oxygen atoms in total. The number of aromatic nitrogens is 2. The average Bonchev–Trinajstić information content (AvgIpc) is 3.05. The highest BCUT2D eigenvalue weighted by molar-refractivity contribution is 7.88. The molecule has 7 heteroatoms. The van der Waals surface area contributed by atoms with Crippen molar-refractivity contribution in [2.45, 2.75) is 44.3 Å². The van der Waals surface area contributed by atoms with Crippen LogP contribution in [0.15, 0.2) is 34.9 Å². The average molecular weight is 349 g/mol. The maximum absolute atomic E-state index is 12.7. The number of benzene rings is 1. The summed E-state index contributed by atoms with van der Waals surface area (Å²) >= 11 is 0. The monoisotopic (exact) mass is 349 g/mol. The first-order valence-electron chi connectivity index (χ1n) is 8.42. The van der Waals surface area contributed by atoms with E-state index in [-0.39, 0.29) is 11.7 Å². The zero-order chi connectivity index (χ0) is 17.0. The van der Waals surface area contributed by atoms with Gasteiger partial charge in [0.15, 0.2) is 5.82 Å². The number of hydrogen-bond acceptors (Lipinski definition) is 5. The van der Waals surface area contributed by atoms with Gasteiger partial charge in [-0.05, 0) is 24.8 Å². The molecule has 1 aromatic carbocycles. The predicted octanol–water partition coefficient (Wildman–Crippen LogP) is 2.73. The molecule has 3 rings (SSSR count). The fraction of sp³-hybridized carbons (Fsp3) is 0.529.